The lowest BCUT2D eigenvalue weighted by Gasteiger charge is -2.39. The van der Waals surface area contributed by atoms with Gasteiger partial charge in [-0.05, 0) is 63.5 Å². The second kappa shape index (κ2) is 9.16. The van der Waals surface area contributed by atoms with E-state index in [1.165, 1.54) is 0 Å². The van der Waals surface area contributed by atoms with Crippen molar-refractivity contribution in [2.75, 3.05) is 24.5 Å². The molecule has 2 aliphatic heterocycles. The molecular weight excluding hydrogens is 364 g/mol. The summed E-state index contributed by atoms with van der Waals surface area (Å²) in [5.74, 6) is 0.340. The molecule has 1 aliphatic carbocycles. The van der Waals surface area contributed by atoms with Crippen molar-refractivity contribution in [3.63, 3.8) is 0 Å². The van der Waals surface area contributed by atoms with Gasteiger partial charge in [-0.1, -0.05) is 12.1 Å². The van der Waals surface area contributed by atoms with Crippen LogP contribution in [0.2, 0.25) is 0 Å². The number of hydrogen-bond donors (Lipinski definition) is 2. The Morgan fingerprint density at radius 3 is 2.41 bits per heavy atom. The normalized spacial score (nSPS) is 26.4. The van der Waals surface area contributed by atoms with Gasteiger partial charge in [-0.3, -0.25) is 9.59 Å². The molecule has 4 rings (SSSR count). The highest BCUT2D eigenvalue weighted by Crippen LogP contribution is 2.28. The molecule has 1 aromatic carbocycles. The summed E-state index contributed by atoms with van der Waals surface area (Å²) in [6.45, 7) is 2.72. The average molecular weight is 399 g/mol. The molecule has 2 amide bonds. The molecule has 1 saturated carbocycles. The number of piperidine rings is 2. The topological polar surface area (TPSA) is 78.7 Å². The van der Waals surface area contributed by atoms with E-state index in [9.17, 15) is 9.59 Å². The number of nitrogens with two attached hydrogens (primary N) is 1. The molecule has 1 aromatic rings. The quantitative estimate of drug-likeness (QED) is 0.817. The van der Waals surface area contributed by atoms with Gasteiger partial charge in [0, 0.05) is 49.9 Å². The van der Waals surface area contributed by atoms with Crippen LogP contribution in [0.1, 0.15) is 68.1 Å². The summed E-state index contributed by atoms with van der Waals surface area (Å²) in [4.78, 5) is 29.6. The summed E-state index contributed by atoms with van der Waals surface area (Å²) >= 11 is 0. The maximum atomic E-state index is 13.0. The molecule has 158 valence electrons. The minimum absolute atomic E-state index is 0.0213. The van der Waals surface area contributed by atoms with Crippen molar-refractivity contribution < 1.29 is 9.59 Å². The van der Waals surface area contributed by atoms with Crippen molar-refractivity contribution in [1.82, 2.24) is 10.2 Å². The molecule has 29 heavy (non-hydrogen) atoms. The van der Waals surface area contributed by atoms with Crippen LogP contribution < -0.4 is 16.0 Å². The Bertz CT molecular complexity index is 721. The maximum absolute atomic E-state index is 13.0. The predicted molar refractivity (Wildman–Crippen MR) is 115 cm³/mol. The zero-order valence-corrected chi connectivity index (χ0v) is 17.3. The van der Waals surface area contributed by atoms with Gasteiger partial charge in [-0.15, -0.1) is 0 Å². The van der Waals surface area contributed by atoms with Crippen LogP contribution in [0.5, 0.6) is 0 Å². The third kappa shape index (κ3) is 4.74. The summed E-state index contributed by atoms with van der Waals surface area (Å²) in [6.07, 6.45) is 8.66. The number of rotatable bonds is 4. The lowest BCUT2D eigenvalue weighted by atomic mass is 9.89. The minimum Gasteiger partial charge on any atom is -0.371 e. The van der Waals surface area contributed by atoms with Crippen LogP contribution in [-0.2, 0) is 4.79 Å². The van der Waals surface area contributed by atoms with Crippen molar-refractivity contribution in [3.05, 3.63) is 29.8 Å². The molecule has 6 heteroatoms. The van der Waals surface area contributed by atoms with Gasteiger partial charge < -0.3 is 20.9 Å². The summed E-state index contributed by atoms with van der Waals surface area (Å²) in [7, 11) is 0. The molecule has 6 nitrogen and oxygen atoms in total. The Labute approximate surface area is 173 Å². The van der Waals surface area contributed by atoms with Crippen LogP contribution >= 0.6 is 0 Å². The highest BCUT2D eigenvalue weighted by atomic mass is 16.2. The Morgan fingerprint density at radius 2 is 1.69 bits per heavy atom. The van der Waals surface area contributed by atoms with Crippen LogP contribution in [0.15, 0.2) is 24.3 Å². The maximum Gasteiger partial charge on any atom is 0.253 e. The summed E-state index contributed by atoms with van der Waals surface area (Å²) < 4.78 is 0. The van der Waals surface area contributed by atoms with Gasteiger partial charge >= 0.3 is 0 Å². The molecule has 0 radical (unpaired) electrons. The molecule has 0 unspecified atom stereocenters. The Kier molecular flexibility index (Phi) is 6.38. The van der Waals surface area contributed by atoms with Crippen LogP contribution in [0.25, 0.3) is 0 Å². The van der Waals surface area contributed by atoms with E-state index in [-0.39, 0.29) is 18.0 Å². The lowest BCUT2D eigenvalue weighted by molar-refractivity contribution is -0.136. The summed E-state index contributed by atoms with van der Waals surface area (Å²) in [5, 5.41) is 3.26. The standard InChI is InChI=1S/C23H34N4O2/c24-17-12-15-26(16-13-17)21-6-2-1-5-20(21)23(29)25-18-8-10-19(11-9-18)27-14-4-3-7-22(27)28/h1-2,5-6,17-19H,3-4,7-16,24H2,(H,25,29). The fourth-order valence-corrected chi connectivity index (χ4v) is 5.09. The fraction of sp³-hybridized carbons (Fsp3) is 0.652. The number of benzene rings is 1. The van der Waals surface area contributed by atoms with E-state index < -0.39 is 0 Å². The van der Waals surface area contributed by atoms with Crippen molar-refractivity contribution in [2.24, 2.45) is 5.73 Å². The summed E-state index contributed by atoms with van der Waals surface area (Å²) in [5.41, 5.74) is 7.82. The molecule has 3 N–H and O–H groups in total. The van der Waals surface area contributed by atoms with Crippen molar-refractivity contribution in [1.29, 1.82) is 0 Å². The van der Waals surface area contributed by atoms with E-state index in [4.69, 9.17) is 5.73 Å². The van der Waals surface area contributed by atoms with E-state index in [0.29, 0.717) is 18.4 Å². The number of para-hydroxylation sites is 1. The van der Waals surface area contributed by atoms with Gasteiger partial charge in [0.2, 0.25) is 5.91 Å². The second-order valence-electron chi connectivity index (χ2n) is 8.86. The third-order valence-electron chi connectivity index (χ3n) is 6.86. The monoisotopic (exact) mass is 398 g/mol. The Morgan fingerprint density at radius 1 is 0.966 bits per heavy atom. The first-order chi connectivity index (χ1) is 14.1. The van der Waals surface area contributed by atoms with E-state index in [0.717, 1.165) is 82.3 Å². The predicted octanol–water partition coefficient (Wildman–Crippen LogP) is 2.67. The van der Waals surface area contributed by atoms with Gasteiger partial charge in [-0.25, -0.2) is 0 Å². The zero-order chi connectivity index (χ0) is 20.2. The first-order valence-corrected chi connectivity index (χ1v) is 11.3. The molecule has 2 saturated heterocycles. The number of nitrogens with zero attached hydrogens (tertiary/aromatic N) is 2. The fourth-order valence-electron chi connectivity index (χ4n) is 5.09. The molecule has 0 aromatic heterocycles. The van der Waals surface area contributed by atoms with Crippen molar-refractivity contribution in [3.8, 4) is 0 Å². The molecule has 3 aliphatic rings. The molecular formula is C23H34N4O2. The minimum atomic E-state index is 0.0213. The number of carbonyl (C=O) groups excluding carboxylic acids is 2. The van der Waals surface area contributed by atoms with E-state index in [1.807, 2.05) is 24.3 Å². The number of anilines is 1. The summed E-state index contributed by atoms with van der Waals surface area (Å²) in [6, 6.07) is 8.74. The second-order valence-corrected chi connectivity index (χ2v) is 8.86. The Balaban J connectivity index is 1.34. The lowest BCUT2D eigenvalue weighted by Crippen LogP contribution is -2.48. The van der Waals surface area contributed by atoms with Gasteiger partial charge in [0.15, 0.2) is 0 Å². The van der Waals surface area contributed by atoms with Crippen molar-refractivity contribution in [2.45, 2.75) is 75.9 Å². The van der Waals surface area contributed by atoms with Gasteiger partial charge in [0.05, 0.1) is 5.56 Å². The smallest absolute Gasteiger partial charge is 0.253 e. The van der Waals surface area contributed by atoms with Crippen molar-refractivity contribution >= 4 is 17.5 Å². The van der Waals surface area contributed by atoms with E-state index in [1.54, 1.807) is 0 Å². The van der Waals surface area contributed by atoms with Gasteiger partial charge in [0.1, 0.15) is 0 Å². The number of amides is 2. The molecule has 0 atom stereocenters. The van der Waals surface area contributed by atoms with E-state index >= 15 is 0 Å². The molecule has 2 heterocycles. The van der Waals surface area contributed by atoms with Crippen LogP contribution in [0.4, 0.5) is 5.69 Å². The third-order valence-corrected chi connectivity index (χ3v) is 6.86. The first-order valence-electron chi connectivity index (χ1n) is 11.3. The average Bonchev–Trinajstić information content (AvgIpc) is 2.75. The SMILES string of the molecule is NC1CCN(c2ccccc2C(=O)NC2CCC(N3CCCCC3=O)CC2)CC1. The molecule has 0 spiro atoms. The largest absolute Gasteiger partial charge is 0.371 e. The zero-order valence-electron chi connectivity index (χ0n) is 17.3. The van der Waals surface area contributed by atoms with Crippen LogP contribution in [0, 0.1) is 0 Å². The van der Waals surface area contributed by atoms with Gasteiger partial charge in [-0.2, -0.15) is 0 Å². The molecule has 3 fully saturated rings. The number of nitrogens with one attached hydrogen (secondary N) is 1. The van der Waals surface area contributed by atoms with Crippen LogP contribution in [0.3, 0.4) is 0 Å². The molecule has 0 bridgehead atoms. The van der Waals surface area contributed by atoms with Crippen LogP contribution in [-0.4, -0.2) is 54.5 Å². The number of carbonyl (C=O) groups is 2. The first kappa shape index (κ1) is 20.2. The van der Waals surface area contributed by atoms with Gasteiger partial charge in [0.25, 0.3) is 5.91 Å². The highest BCUT2D eigenvalue weighted by molar-refractivity contribution is 6.00. The Hall–Kier alpha value is -2.08. The van der Waals surface area contributed by atoms with E-state index in [2.05, 4.69) is 15.1 Å². The number of hydrogen-bond acceptors (Lipinski definition) is 4. The highest BCUT2D eigenvalue weighted by Gasteiger charge is 2.31. The number of likely N-dealkylation sites (tertiary alicyclic amines) is 1.